The SMILES string of the molecule is C=C[C@](C)(O)CC[C@H]1C(=C)CC[C@@H]2[C@@H](C(=O)OC)CCC[C@]21C. The Labute approximate surface area is 140 Å². The van der Waals surface area contributed by atoms with E-state index in [9.17, 15) is 9.90 Å². The van der Waals surface area contributed by atoms with Gasteiger partial charge in [-0.1, -0.05) is 31.6 Å². The first-order chi connectivity index (χ1) is 10.7. The lowest BCUT2D eigenvalue weighted by Crippen LogP contribution is -2.48. The van der Waals surface area contributed by atoms with Crippen LogP contribution in [0.5, 0.6) is 0 Å². The number of fused-ring (bicyclic) bond motifs is 1. The summed E-state index contributed by atoms with van der Waals surface area (Å²) in [5.41, 5.74) is 0.540. The topological polar surface area (TPSA) is 46.5 Å². The van der Waals surface area contributed by atoms with E-state index in [1.807, 2.05) is 6.92 Å². The molecule has 1 N–H and O–H groups in total. The van der Waals surface area contributed by atoms with Crippen molar-refractivity contribution in [3.05, 3.63) is 24.8 Å². The highest BCUT2D eigenvalue weighted by Crippen LogP contribution is 2.58. The van der Waals surface area contributed by atoms with Crippen molar-refractivity contribution in [2.45, 2.75) is 64.4 Å². The average molecular weight is 320 g/mol. The molecular formula is C20H32O3. The monoisotopic (exact) mass is 320 g/mol. The van der Waals surface area contributed by atoms with Gasteiger partial charge in [-0.25, -0.2) is 0 Å². The summed E-state index contributed by atoms with van der Waals surface area (Å²) in [5.74, 6) is 0.701. The molecule has 2 rings (SSSR count). The molecule has 3 nitrogen and oxygen atoms in total. The zero-order chi connectivity index (χ0) is 17.3. The summed E-state index contributed by atoms with van der Waals surface area (Å²) in [7, 11) is 1.49. The minimum absolute atomic E-state index is 0.0225. The van der Waals surface area contributed by atoms with Crippen LogP contribution in [0, 0.1) is 23.2 Å². The summed E-state index contributed by atoms with van der Waals surface area (Å²) in [6, 6.07) is 0. The Morgan fingerprint density at radius 2 is 2.22 bits per heavy atom. The van der Waals surface area contributed by atoms with Gasteiger partial charge in [-0.2, -0.15) is 0 Å². The van der Waals surface area contributed by atoms with Gasteiger partial charge in [-0.05, 0) is 62.7 Å². The first kappa shape index (κ1) is 18.3. The number of rotatable bonds is 5. The maximum atomic E-state index is 12.2. The molecule has 0 unspecified atom stereocenters. The summed E-state index contributed by atoms with van der Waals surface area (Å²) in [6.07, 6.45) is 8.36. The molecule has 0 radical (unpaired) electrons. The van der Waals surface area contributed by atoms with Crippen LogP contribution in [0.1, 0.15) is 58.8 Å². The molecule has 2 fully saturated rings. The fourth-order valence-corrected chi connectivity index (χ4v) is 5.00. The minimum Gasteiger partial charge on any atom is -0.469 e. The summed E-state index contributed by atoms with van der Waals surface area (Å²) in [4.78, 5) is 12.2. The second-order valence-electron chi connectivity index (χ2n) is 7.98. The van der Waals surface area contributed by atoms with Crippen molar-refractivity contribution in [2.24, 2.45) is 23.2 Å². The largest absolute Gasteiger partial charge is 0.469 e. The number of ether oxygens (including phenoxy) is 1. The van der Waals surface area contributed by atoms with Crippen molar-refractivity contribution in [2.75, 3.05) is 7.11 Å². The Bertz CT molecular complexity index is 479. The van der Waals surface area contributed by atoms with E-state index in [1.54, 1.807) is 6.08 Å². The molecule has 0 aromatic carbocycles. The zero-order valence-corrected chi connectivity index (χ0v) is 14.9. The van der Waals surface area contributed by atoms with Crippen molar-refractivity contribution in [1.82, 2.24) is 0 Å². The third kappa shape index (κ3) is 3.55. The Morgan fingerprint density at radius 3 is 2.83 bits per heavy atom. The fourth-order valence-electron chi connectivity index (χ4n) is 5.00. The number of hydrogen-bond acceptors (Lipinski definition) is 3. The van der Waals surface area contributed by atoms with Crippen molar-refractivity contribution in [3.8, 4) is 0 Å². The van der Waals surface area contributed by atoms with E-state index in [0.717, 1.165) is 38.5 Å². The number of hydrogen-bond donors (Lipinski definition) is 1. The van der Waals surface area contributed by atoms with Gasteiger partial charge in [-0.3, -0.25) is 4.79 Å². The molecule has 2 aliphatic carbocycles. The van der Waals surface area contributed by atoms with Crippen molar-refractivity contribution in [3.63, 3.8) is 0 Å². The molecule has 23 heavy (non-hydrogen) atoms. The standard InChI is InChI=1S/C20H32O3/c1-6-19(3,22)13-11-16-14(2)9-10-17-15(18(21)23-5)8-7-12-20(16,17)4/h6,15-17,22H,1-2,7-13H2,3-5H3/t15-,16-,17+,19-,20-/m0/s1. The molecule has 5 atom stereocenters. The Balaban J connectivity index is 2.22. The van der Waals surface area contributed by atoms with Gasteiger partial charge in [-0.15, -0.1) is 6.58 Å². The maximum absolute atomic E-state index is 12.2. The molecule has 0 saturated heterocycles. The van der Waals surface area contributed by atoms with Crippen LogP contribution >= 0.6 is 0 Å². The summed E-state index contributed by atoms with van der Waals surface area (Å²) >= 11 is 0. The second-order valence-corrected chi connectivity index (χ2v) is 7.98. The molecular weight excluding hydrogens is 288 g/mol. The highest BCUT2D eigenvalue weighted by atomic mass is 16.5. The number of carbonyl (C=O) groups is 1. The molecule has 0 aromatic rings. The van der Waals surface area contributed by atoms with Gasteiger partial charge in [0.2, 0.25) is 0 Å². The lowest BCUT2D eigenvalue weighted by Gasteiger charge is -2.54. The molecule has 0 heterocycles. The third-order valence-corrected chi connectivity index (χ3v) is 6.51. The third-order valence-electron chi connectivity index (χ3n) is 6.51. The highest BCUT2D eigenvalue weighted by Gasteiger charge is 2.52. The van der Waals surface area contributed by atoms with Gasteiger partial charge in [0.25, 0.3) is 0 Å². The lowest BCUT2D eigenvalue weighted by molar-refractivity contribution is -0.154. The van der Waals surface area contributed by atoms with E-state index in [2.05, 4.69) is 20.1 Å². The van der Waals surface area contributed by atoms with Crippen LogP contribution in [0.25, 0.3) is 0 Å². The van der Waals surface area contributed by atoms with Gasteiger partial charge < -0.3 is 9.84 Å². The Hall–Kier alpha value is -1.09. The van der Waals surface area contributed by atoms with Crippen LogP contribution in [0.2, 0.25) is 0 Å². The number of aliphatic hydroxyl groups is 1. The molecule has 3 heteroatoms. The van der Waals surface area contributed by atoms with Crippen molar-refractivity contribution in [1.29, 1.82) is 0 Å². The van der Waals surface area contributed by atoms with Gasteiger partial charge in [0.05, 0.1) is 18.6 Å². The zero-order valence-electron chi connectivity index (χ0n) is 14.9. The van der Waals surface area contributed by atoms with E-state index in [0.29, 0.717) is 18.3 Å². The Morgan fingerprint density at radius 1 is 1.52 bits per heavy atom. The quantitative estimate of drug-likeness (QED) is 0.608. The van der Waals surface area contributed by atoms with Crippen LogP contribution < -0.4 is 0 Å². The summed E-state index contributed by atoms with van der Waals surface area (Å²) in [6.45, 7) is 12.2. The van der Waals surface area contributed by atoms with Crippen LogP contribution in [0.3, 0.4) is 0 Å². The van der Waals surface area contributed by atoms with E-state index < -0.39 is 5.60 Å². The van der Waals surface area contributed by atoms with E-state index in [-0.39, 0.29) is 17.3 Å². The second kappa shape index (κ2) is 6.80. The van der Waals surface area contributed by atoms with Crippen molar-refractivity contribution < 1.29 is 14.6 Å². The number of esters is 1. The average Bonchev–Trinajstić information content (AvgIpc) is 2.52. The summed E-state index contributed by atoms with van der Waals surface area (Å²) in [5, 5.41) is 10.3. The molecule has 2 saturated carbocycles. The molecule has 0 spiro atoms. The lowest BCUT2D eigenvalue weighted by atomic mass is 9.50. The number of allylic oxidation sites excluding steroid dienone is 1. The molecule has 2 aliphatic rings. The molecule has 0 bridgehead atoms. The summed E-state index contributed by atoms with van der Waals surface area (Å²) < 4.78 is 5.06. The Kier molecular flexibility index (Phi) is 5.40. The molecule has 0 amide bonds. The van der Waals surface area contributed by atoms with E-state index in [4.69, 9.17) is 4.74 Å². The van der Waals surface area contributed by atoms with Gasteiger partial charge in [0, 0.05) is 0 Å². The van der Waals surface area contributed by atoms with Gasteiger partial charge >= 0.3 is 5.97 Å². The highest BCUT2D eigenvalue weighted by molar-refractivity contribution is 5.73. The predicted octanol–water partition coefficient (Wildman–Crippen LogP) is 4.27. The molecule has 0 aliphatic heterocycles. The first-order valence-electron chi connectivity index (χ1n) is 8.86. The van der Waals surface area contributed by atoms with Gasteiger partial charge in [0.1, 0.15) is 0 Å². The van der Waals surface area contributed by atoms with Crippen LogP contribution in [-0.4, -0.2) is 23.8 Å². The smallest absolute Gasteiger partial charge is 0.308 e. The molecule has 130 valence electrons. The van der Waals surface area contributed by atoms with Crippen LogP contribution in [-0.2, 0) is 9.53 Å². The van der Waals surface area contributed by atoms with Crippen molar-refractivity contribution >= 4 is 5.97 Å². The first-order valence-corrected chi connectivity index (χ1v) is 8.86. The number of carbonyl (C=O) groups excluding carboxylic acids is 1. The van der Waals surface area contributed by atoms with Crippen LogP contribution in [0.4, 0.5) is 0 Å². The predicted molar refractivity (Wildman–Crippen MR) is 92.9 cm³/mol. The number of methoxy groups -OCH3 is 1. The van der Waals surface area contributed by atoms with E-state index >= 15 is 0 Å². The maximum Gasteiger partial charge on any atom is 0.308 e. The van der Waals surface area contributed by atoms with Crippen LogP contribution in [0.15, 0.2) is 24.8 Å². The molecule has 0 aromatic heterocycles. The minimum atomic E-state index is -0.833. The van der Waals surface area contributed by atoms with Gasteiger partial charge in [0.15, 0.2) is 0 Å². The van der Waals surface area contributed by atoms with E-state index in [1.165, 1.54) is 12.7 Å². The normalized spacial score (nSPS) is 36.7. The fraction of sp³-hybridized carbons (Fsp3) is 0.750.